The van der Waals surface area contributed by atoms with Gasteiger partial charge in [0, 0.05) is 12.8 Å². The molecule has 0 aliphatic carbocycles. The van der Waals surface area contributed by atoms with Gasteiger partial charge in [0.2, 0.25) is 5.91 Å². The Morgan fingerprint density at radius 3 is 2.40 bits per heavy atom. The molecular formula is C5H5F2NO2. The molecule has 1 aliphatic rings. The van der Waals surface area contributed by atoms with Gasteiger partial charge >= 0.3 is 5.92 Å². The summed E-state index contributed by atoms with van der Waals surface area (Å²) in [5.41, 5.74) is 0. The first-order chi connectivity index (χ1) is 4.52. The van der Waals surface area contributed by atoms with Crippen LogP contribution in [0.4, 0.5) is 8.78 Å². The van der Waals surface area contributed by atoms with Crippen molar-refractivity contribution < 1.29 is 18.4 Å². The molecular weight excluding hydrogens is 144 g/mol. The number of halogens is 2. The monoisotopic (exact) mass is 149 g/mol. The predicted octanol–water partition coefficient (Wildman–Crippen LogP) is 0.0583. The molecule has 0 atom stereocenters. The molecule has 1 rings (SSSR count). The highest BCUT2D eigenvalue weighted by Gasteiger charge is 2.43. The fourth-order valence-corrected chi connectivity index (χ4v) is 0.665. The standard InChI is InChI=1S/C5H5F2NO2/c6-5(7)2-1-3(9)8-4(5)10/h1-2H2,(H,8,9,10). The second kappa shape index (κ2) is 2.00. The number of imide groups is 1. The van der Waals surface area contributed by atoms with E-state index in [1.165, 1.54) is 0 Å². The first-order valence-electron chi connectivity index (χ1n) is 2.74. The van der Waals surface area contributed by atoms with Crippen molar-refractivity contribution in [2.75, 3.05) is 0 Å². The second-order valence-electron chi connectivity index (χ2n) is 2.08. The van der Waals surface area contributed by atoms with Crippen molar-refractivity contribution in [2.45, 2.75) is 18.8 Å². The SMILES string of the molecule is O=C1CCC(F)(F)C(=O)N1. The third-order valence-corrected chi connectivity index (χ3v) is 1.25. The topological polar surface area (TPSA) is 46.2 Å². The first-order valence-corrected chi connectivity index (χ1v) is 2.74. The fraction of sp³-hybridized carbons (Fsp3) is 0.600. The molecule has 0 radical (unpaired) electrons. The quantitative estimate of drug-likeness (QED) is 0.495. The number of amides is 2. The van der Waals surface area contributed by atoms with Gasteiger partial charge in [-0.25, -0.2) is 0 Å². The summed E-state index contributed by atoms with van der Waals surface area (Å²) in [5.74, 6) is -5.46. The van der Waals surface area contributed by atoms with Crippen LogP contribution in [0.5, 0.6) is 0 Å². The van der Waals surface area contributed by atoms with Gasteiger partial charge in [0.25, 0.3) is 5.91 Å². The van der Waals surface area contributed by atoms with Crippen molar-refractivity contribution >= 4 is 11.8 Å². The zero-order valence-corrected chi connectivity index (χ0v) is 4.99. The maximum atomic E-state index is 12.2. The second-order valence-corrected chi connectivity index (χ2v) is 2.08. The molecule has 56 valence electrons. The molecule has 0 spiro atoms. The van der Waals surface area contributed by atoms with E-state index in [0.717, 1.165) is 0 Å². The average Bonchev–Trinajstić information content (AvgIpc) is 1.81. The van der Waals surface area contributed by atoms with E-state index in [1.807, 2.05) is 0 Å². The van der Waals surface area contributed by atoms with E-state index in [9.17, 15) is 18.4 Å². The minimum Gasteiger partial charge on any atom is -0.291 e. The molecule has 0 saturated carbocycles. The van der Waals surface area contributed by atoms with Gasteiger partial charge in [0.05, 0.1) is 0 Å². The lowest BCUT2D eigenvalue weighted by Crippen LogP contribution is -2.48. The summed E-state index contributed by atoms with van der Waals surface area (Å²) in [4.78, 5) is 20.5. The lowest BCUT2D eigenvalue weighted by atomic mass is 10.1. The minimum absolute atomic E-state index is 0.279. The van der Waals surface area contributed by atoms with E-state index < -0.39 is 24.2 Å². The fourth-order valence-electron chi connectivity index (χ4n) is 0.665. The third kappa shape index (κ3) is 1.12. The number of piperidine rings is 1. The van der Waals surface area contributed by atoms with Gasteiger partial charge in [-0.1, -0.05) is 0 Å². The molecule has 0 aromatic heterocycles. The third-order valence-electron chi connectivity index (χ3n) is 1.25. The van der Waals surface area contributed by atoms with Crippen LogP contribution in [0.25, 0.3) is 0 Å². The van der Waals surface area contributed by atoms with Crippen molar-refractivity contribution in [3.05, 3.63) is 0 Å². The number of alkyl halides is 2. The molecule has 1 fully saturated rings. The largest absolute Gasteiger partial charge is 0.325 e. The van der Waals surface area contributed by atoms with E-state index in [-0.39, 0.29) is 6.42 Å². The Balaban J connectivity index is 2.70. The Morgan fingerprint density at radius 2 is 2.00 bits per heavy atom. The Kier molecular flexibility index (Phi) is 1.42. The van der Waals surface area contributed by atoms with Crippen molar-refractivity contribution in [1.29, 1.82) is 0 Å². The number of hydrogen-bond acceptors (Lipinski definition) is 2. The van der Waals surface area contributed by atoms with Crippen LogP contribution in [0.3, 0.4) is 0 Å². The van der Waals surface area contributed by atoms with Gasteiger partial charge in [0.15, 0.2) is 0 Å². The Labute approximate surface area is 55.4 Å². The molecule has 0 aromatic carbocycles. The van der Waals surface area contributed by atoms with Gasteiger partial charge in [0.1, 0.15) is 0 Å². The summed E-state index contributed by atoms with van der Waals surface area (Å²) in [5, 5.41) is 1.54. The minimum atomic E-state index is -3.35. The number of hydrogen-bond donors (Lipinski definition) is 1. The summed E-state index contributed by atoms with van der Waals surface area (Å²) in [7, 11) is 0. The molecule has 0 aromatic rings. The number of nitrogens with one attached hydrogen (secondary N) is 1. The van der Waals surface area contributed by atoms with Gasteiger partial charge in [-0.05, 0) is 0 Å². The molecule has 10 heavy (non-hydrogen) atoms. The molecule has 1 N–H and O–H groups in total. The Hall–Kier alpha value is -1.00. The molecule has 1 saturated heterocycles. The normalized spacial score (nSPS) is 24.2. The van der Waals surface area contributed by atoms with Crippen LogP contribution in [0.1, 0.15) is 12.8 Å². The van der Waals surface area contributed by atoms with Crippen LogP contribution >= 0.6 is 0 Å². The van der Waals surface area contributed by atoms with E-state index in [1.54, 1.807) is 5.32 Å². The number of carbonyl (C=O) groups excluding carboxylic acids is 2. The molecule has 1 aliphatic heterocycles. The Bertz CT molecular complexity index is 190. The maximum Gasteiger partial charge on any atom is 0.325 e. The van der Waals surface area contributed by atoms with Gasteiger partial charge in [-0.2, -0.15) is 8.78 Å². The van der Waals surface area contributed by atoms with Crippen molar-refractivity contribution in [2.24, 2.45) is 0 Å². The average molecular weight is 149 g/mol. The highest BCUT2D eigenvalue weighted by Crippen LogP contribution is 2.23. The van der Waals surface area contributed by atoms with Crippen molar-refractivity contribution in [3.8, 4) is 0 Å². The summed E-state index contributed by atoms with van der Waals surface area (Å²) in [6, 6.07) is 0. The van der Waals surface area contributed by atoms with E-state index in [0.29, 0.717) is 0 Å². The maximum absolute atomic E-state index is 12.2. The summed E-state index contributed by atoms with van der Waals surface area (Å²) < 4.78 is 24.4. The van der Waals surface area contributed by atoms with E-state index in [4.69, 9.17) is 0 Å². The van der Waals surface area contributed by atoms with Crippen LogP contribution in [-0.2, 0) is 9.59 Å². The predicted molar refractivity (Wildman–Crippen MR) is 27.3 cm³/mol. The summed E-state index contributed by atoms with van der Waals surface area (Å²) in [6.07, 6.45) is -0.948. The van der Waals surface area contributed by atoms with Crippen LogP contribution in [0, 0.1) is 0 Å². The molecule has 0 bridgehead atoms. The van der Waals surface area contributed by atoms with Gasteiger partial charge in [-0.3, -0.25) is 14.9 Å². The van der Waals surface area contributed by atoms with Crippen LogP contribution in [0.15, 0.2) is 0 Å². The smallest absolute Gasteiger partial charge is 0.291 e. The highest BCUT2D eigenvalue weighted by atomic mass is 19.3. The van der Waals surface area contributed by atoms with Crippen LogP contribution in [-0.4, -0.2) is 17.7 Å². The van der Waals surface area contributed by atoms with Crippen LogP contribution in [0.2, 0.25) is 0 Å². The summed E-state index contributed by atoms with van der Waals surface area (Å²) in [6.45, 7) is 0. The first kappa shape index (κ1) is 7.11. The summed E-state index contributed by atoms with van der Waals surface area (Å²) >= 11 is 0. The van der Waals surface area contributed by atoms with E-state index >= 15 is 0 Å². The van der Waals surface area contributed by atoms with E-state index in [2.05, 4.69) is 0 Å². The molecule has 3 nitrogen and oxygen atoms in total. The molecule has 0 unspecified atom stereocenters. The zero-order valence-electron chi connectivity index (χ0n) is 4.99. The lowest BCUT2D eigenvalue weighted by Gasteiger charge is -2.19. The Morgan fingerprint density at radius 1 is 1.40 bits per heavy atom. The van der Waals surface area contributed by atoms with Crippen molar-refractivity contribution in [3.63, 3.8) is 0 Å². The molecule has 2 amide bonds. The molecule has 5 heteroatoms. The van der Waals surface area contributed by atoms with Crippen molar-refractivity contribution in [1.82, 2.24) is 5.32 Å². The van der Waals surface area contributed by atoms with Gasteiger partial charge in [-0.15, -0.1) is 0 Å². The lowest BCUT2D eigenvalue weighted by molar-refractivity contribution is -0.155. The number of carbonyl (C=O) groups is 2. The van der Waals surface area contributed by atoms with Crippen LogP contribution < -0.4 is 5.32 Å². The highest BCUT2D eigenvalue weighted by molar-refractivity contribution is 6.01. The molecule has 1 heterocycles. The van der Waals surface area contributed by atoms with Gasteiger partial charge < -0.3 is 0 Å². The number of rotatable bonds is 0. The zero-order chi connectivity index (χ0) is 7.78.